The van der Waals surface area contributed by atoms with Crippen LogP contribution >= 0.6 is 15.9 Å². The lowest BCUT2D eigenvalue weighted by Crippen LogP contribution is -2.20. The summed E-state index contributed by atoms with van der Waals surface area (Å²) in [5.74, 6) is -0.211. The second kappa shape index (κ2) is 6.37. The highest BCUT2D eigenvalue weighted by atomic mass is 79.9. The molecular weight excluding hydrogens is 319 g/mol. The molecule has 4 heteroatoms. The van der Waals surface area contributed by atoms with Gasteiger partial charge in [0.15, 0.2) is 0 Å². The Balaban J connectivity index is 2.28. The maximum absolute atomic E-state index is 13.2. The third-order valence-corrected chi connectivity index (χ3v) is 3.70. The Hall–Kier alpha value is -1.39. The van der Waals surface area contributed by atoms with Crippen LogP contribution in [0.2, 0.25) is 0 Å². The standard InChI is InChI=1S/C16H18BrFN2/c1-11(19)15-7-6-13(17)9-16(15)20(2)10-12-4-3-5-14(18)8-12/h3-9,11H,10,19H2,1-2H3. The summed E-state index contributed by atoms with van der Waals surface area (Å²) in [4.78, 5) is 2.08. The SMILES string of the molecule is CC(N)c1ccc(Br)cc1N(C)Cc1cccc(F)c1. The molecule has 0 fully saturated rings. The highest BCUT2D eigenvalue weighted by Crippen LogP contribution is 2.29. The fraction of sp³-hybridized carbons (Fsp3) is 0.250. The van der Waals surface area contributed by atoms with Crippen molar-refractivity contribution in [2.75, 3.05) is 11.9 Å². The van der Waals surface area contributed by atoms with Gasteiger partial charge in [-0.25, -0.2) is 4.39 Å². The summed E-state index contributed by atoms with van der Waals surface area (Å²) in [6.07, 6.45) is 0. The molecule has 2 aromatic rings. The normalized spacial score (nSPS) is 12.2. The number of hydrogen-bond acceptors (Lipinski definition) is 2. The molecule has 0 radical (unpaired) electrons. The molecule has 0 aromatic heterocycles. The fourth-order valence-electron chi connectivity index (χ4n) is 2.23. The Kier molecular flexibility index (Phi) is 4.78. The molecule has 1 unspecified atom stereocenters. The molecule has 2 nitrogen and oxygen atoms in total. The Morgan fingerprint density at radius 1 is 1.25 bits per heavy atom. The third-order valence-electron chi connectivity index (χ3n) is 3.20. The zero-order valence-electron chi connectivity index (χ0n) is 11.6. The van der Waals surface area contributed by atoms with Crippen LogP contribution in [0.4, 0.5) is 10.1 Å². The van der Waals surface area contributed by atoms with E-state index in [1.165, 1.54) is 6.07 Å². The van der Waals surface area contributed by atoms with Crippen molar-refractivity contribution in [3.63, 3.8) is 0 Å². The van der Waals surface area contributed by atoms with Gasteiger partial charge in [-0.3, -0.25) is 0 Å². The monoisotopic (exact) mass is 336 g/mol. The number of nitrogens with zero attached hydrogens (tertiary/aromatic N) is 1. The van der Waals surface area contributed by atoms with Gasteiger partial charge in [-0.1, -0.05) is 34.1 Å². The number of hydrogen-bond donors (Lipinski definition) is 1. The minimum Gasteiger partial charge on any atom is -0.370 e. The van der Waals surface area contributed by atoms with Crippen molar-refractivity contribution < 1.29 is 4.39 Å². The molecule has 0 amide bonds. The van der Waals surface area contributed by atoms with E-state index in [1.807, 2.05) is 38.2 Å². The molecule has 0 aliphatic carbocycles. The van der Waals surface area contributed by atoms with E-state index >= 15 is 0 Å². The maximum atomic E-state index is 13.2. The van der Waals surface area contributed by atoms with Crippen molar-refractivity contribution in [1.29, 1.82) is 0 Å². The lowest BCUT2D eigenvalue weighted by atomic mass is 10.1. The summed E-state index contributed by atoms with van der Waals surface area (Å²) in [6, 6.07) is 12.7. The topological polar surface area (TPSA) is 29.3 Å². The molecule has 106 valence electrons. The number of halogens is 2. The zero-order chi connectivity index (χ0) is 14.7. The van der Waals surface area contributed by atoms with Gasteiger partial charge in [0.05, 0.1) is 0 Å². The Morgan fingerprint density at radius 2 is 2.00 bits per heavy atom. The van der Waals surface area contributed by atoms with Crippen LogP contribution in [0, 0.1) is 5.82 Å². The number of nitrogens with two attached hydrogens (primary N) is 1. The van der Waals surface area contributed by atoms with Crippen LogP contribution in [0.15, 0.2) is 46.9 Å². The van der Waals surface area contributed by atoms with E-state index in [-0.39, 0.29) is 11.9 Å². The molecule has 0 bridgehead atoms. The predicted molar refractivity (Wildman–Crippen MR) is 85.3 cm³/mol. The lowest BCUT2D eigenvalue weighted by molar-refractivity contribution is 0.625. The van der Waals surface area contributed by atoms with Crippen molar-refractivity contribution in [3.8, 4) is 0 Å². The third kappa shape index (κ3) is 3.58. The largest absolute Gasteiger partial charge is 0.370 e. The average Bonchev–Trinajstić information content (AvgIpc) is 2.38. The zero-order valence-corrected chi connectivity index (χ0v) is 13.2. The number of benzene rings is 2. The number of rotatable bonds is 4. The number of anilines is 1. The van der Waals surface area contributed by atoms with Crippen molar-refractivity contribution in [2.24, 2.45) is 5.73 Å². The average molecular weight is 337 g/mol. The van der Waals surface area contributed by atoms with Crippen molar-refractivity contribution >= 4 is 21.6 Å². The molecule has 2 aromatic carbocycles. The van der Waals surface area contributed by atoms with E-state index < -0.39 is 0 Å². The van der Waals surface area contributed by atoms with Crippen molar-refractivity contribution in [1.82, 2.24) is 0 Å². The van der Waals surface area contributed by atoms with E-state index in [0.29, 0.717) is 6.54 Å². The van der Waals surface area contributed by atoms with Gasteiger partial charge >= 0.3 is 0 Å². The van der Waals surface area contributed by atoms with E-state index in [0.717, 1.165) is 21.3 Å². The molecule has 0 heterocycles. The highest BCUT2D eigenvalue weighted by molar-refractivity contribution is 9.10. The van der Waals surface area contributed by atoms with E-state index in [9.17, 15) is 4.39 Å². The van der Waals surface area contributed by atoms with Gasteiger partial charge in [-0.05, 0) is 42.3 Å². The van der Waals surface area contributed by atoms with Crippen LogP contribution in [0.1, 0.15) is 24.1 Å². The minimum atomic E-state index is -0.211. The summed E-state index contributed by atoms with van der Waals surface area (Å²) in [7, 11) is 1.98. The van der Waals surface area contributed by atoms with Gasteiger partial charge in [-0.2, -0.15) is 0 Å². The van der Waals surface area contributed by atoms with Gasteiger partial charge < -0.3 is 10.6 Å². The van der Waals surface area contributed by atoms with Gasteiger partial charge in [0.1, 0.15) is 5.82 Å². The fourth-order valence-corrected chi connectivity index (χ4v) is 2.58. The molecule has 0 aliphatic rings. The Morgan fingerprint density at radius 3 is 2.65 bits per heavy atom. The van der Waals surface area contributed by atoms with Crippen molar-refractivity contribution in [3.05, 3.63) is 63.9 Å². The molecular formula is C16H18BrFN2. The molecule has 0 spiro atoms. The Labute approximate surface area is 127 Å². The molecule has 20 heavy (non-hydrogen) atoms. The summed E-state index contributed by atoms with van der Waals surface area (Å²) >= 11 is 3.48. The second-order valence-corrected chi connectivity index (χ2v) is 5.89. The molecule has 2 rings (SSSR count). The van der Waals surface area contributed by atoms with Crippen LogP contribution in [-0.2, 0) is 6.54 Å². The summed E-state index contributed by atoms with van der Waals surface area (Å²) in [5.41, 5.74) is 9.08. The van der Waals surface area contributed by atoms with Gasteiger partial charge in [-0.15, -0.1) is 0 Å². The summed E-state index contributed by atoms with van der Waals surface area (Å²) in [5, 5.41) is 0. The second-order valence-electron chi connectivity index (χ2n) is 4.98. The summed E-state index contributed by atoms with van der Waals surface area (Å²) in [6.45, 7) is 2.59. The highest BCUT2D eigenvalue weighted by Gasteiger charge is 2.12. The molecule has 0 aliphatic heterocycles. The molecule has 1 atom stereocenters. The van der Waals surface area contributed by atoms with Crippen molar-refractivity contribution in [2.45, 2.75) is 19.5 Å². The van der Waals surface area contributed by atoms with Crippen LogP contribution in [0.5, 0.6) is 0 Å². The minimum absolute atomic E-state index is 0.0481. The lowest BCUT2D eigenvalue weighted by Gasteiger charge is -2.24. The van der Waals surface area contributed by atoms with Gasteiger partial charge in [0, 0.05) is 29.8 Å². The maximum Gasteiger partial charge on any atom is 0.123 e. The predicted octanol–water partition coefficient (Wildman–Crippen LogP) is 4.24. The van der Waals surface area contributed by atoms with E-state index in [2.05, 4.69) is 20.8 Å². The first-order valence-electron chi connectivity index (χ1n) is 6.48. The van der Waals surface area contributed by atoms with E-state index in [1.54, 1.807) is 12.1 Å². The van der Waals surface area contributed by atoms with Crippen LogP contribution in [0.25, 0.3) is 0 Å². The van der Waals surface area contributed by atoms with E-state index in [4.69, 9.17) is 5.73 Å². The summed E-state index contributed by atoms with van der Waals surface area (Å²) < 4.78 is 14.2. The molecule has 0 saturated heterocycles. The first-order chi connectivity index (χ1) is 9.47. The van der Waals surface area contributed by atoms with Crippen LogP contribution in [0.3, 0.4) is 0 Å². The molecule has 0 saturated carbocycles. The molecule has 2 N–H and O–H groups in total. The Bertz CT molecular complexity index is 599. The first kappa shape index (κ1) is 15.0. The van der Waals surface area contributed by atoms with Gasteiger partial charge in [0.25, 0.3) is 0 Å². The first-order valence-corrected chi connectivity index (χ1v) is 7.27. The van der Waals surface area contributed by atoms with Crippen LogP contribution < -0.4 is 10.6 Å². The smallest absolute Gasteiger partial charge is 0.123 e. The van der Waals surface area contributed by atoms with Gasteiger partial charge in [0.2, 0.25) is 0 Å². The quantitative estimate of drug-likeness (QED) is 0.904. The van der Waals surface area contributed by atoms with Crippen LogP contribution in [-0.4, -0.2) is 7.05 Å².